The van der Waals surface area contributed by atoms with Crippen molar-refractivity contribution in [2.45, 2.75) is 20.0 Å². The molecule has 0 aliphatic rings. The van der Waals surface area contributed by atoms with Crippen molar-refractivity contribution >= 4 is 34.3 Å². The number of ether oxygens (including phenoxy) is 1. The fraction of sp³-hybridized carbons (Fsp3) is 0.143. The van der Waals surface area contributed by atoms with E-state index in [0.717, 1.165) is 6.07 Å². The quantitative estimate of drug-likeness (QED) is 0.525. The van der Waals surface area contributed by atoms with E-state index in [9.17, 15) is 19.2 Å². The first-order valence-electron chi connectivity index (χ1n) is 8.60. The number of amides is 1. The largest absolute Gasteiger partial charge is 0.449 e. The minimum absolute atomic E-state index is 0.0811. The molecule has 0 spiro atoms. The predicted molar refractivity (Wildman–Crippen MR) is 105 cm³/mol. The summed E-state index contributed by atoms with van der Waals surface area (Å²) < 4.78 is 5.24. The molecule has 0 aliphatic heterocycles. The Hall–Kier alpha value is -3.74. The van der Waals surface area contributed by atoms with E-state index in [4.69, 9.17) is 4.74 Å². The third-order valence-corrected chi connectivity index (χ3v) is 4.16. The van der Waals surface area contributed by atoms with Crippen LogP contribution in [-0.4, -0.2) is 28.7 Å². The summed E-state index contributed by atoms with van der Waals surface area (Å²) in [5, 5.41) is 3.13. The van der Waals surface area contributed by atoms with Crippen molar-refractivity contribution in [1.29, 1.82) is 0 Å². The van der Waals surface area contributed by atoms with Gasteiger partial charge in [0.25, 0.3) is 5.91 Å². The minimum atomic E-state index is -1.11. The second-order valence-electron chi connectivity index (χ2n) is 6.27. The SMILES string of the molecule is CC(=O)c1cccc(NC(=O)[C@@H](C)OC(=O)c2cc(=O)[nH]c3ccccc23)c1. The van der Waals surface area contributed by atoms with Gasteiger partial charge in [0.1, 0.15) is 0 Å². The zero-order valence-electron chi connectivity index (χ0n) is 15.3. The van der Waals surface area contributed by atoms with Gasteiger partial charge in [0, 0.05) is 28.2 Å². The van der Waals surface area contributed by atoms with Crippen molar-refractivity contribution in [1.82, 2.24) is 4.98 Å². The highest BCUT2D eigenvalue weighted by Crippen LogP contribution is 2.17. The van der Waals surface area contributed by atoms with Crippen LogP contribution in [0.15, 0.2) is 59.4 Å². The maximum absolute atomic E-state index is 12.5. The monoisotopic (exact) mass is 378 g/mol. The highest BCUT2D eigenvalue weighted by Gasteiger charge is 2.21. The van der Waals surface area contributed by atoms with Gasteiger partial charge in [-0.1, -0.05) is 30.3 Å². The third kappa shape index (κ3) is 4.15. The van der Waals surface area contributed by atoms with Crippen molar-refractivity contribution in [3.8, 4) is 0 Å². The van der Waals surface area contributed by atoms with Gasteiger partial charge in [-0.25, -0.2) is 4.79 Å². The Balaban J connectivity index is 1.76. The fourth-order valence-electron chi connectivity index (χ4n) is 2.71. The maximum Gasteiger partial charge on any atom is 0.339 e. The summed E-state index contributed by atoms with van der Waals surface area (Å²) in [5.74, 6) is -1.46. The Morgan fingerprint density at radius 3 is 2.54 bits per heavy atom. The van der Waals surface area contributed by atoms with E-state index in [1.807, 2.05) is 0 Å². The lowest BCUT2D eigenvalue weighted by molar-refractivity contribution is -0.123. The van der Waals surface area contributed by atoms with Crippen molar-refractivity contribution in [3.63, 3.8) is 0 Å². The number of Topliss-reactive ketones (excluding diaryl/α,β-unsaturated/α-hetero) is 1. The van der Waals surface area contributed by atoms with Crippen LogP contribution < -0.4 is 10.9 Å². The summed E-state index contributed by atoms with van der Waals surface area (Å²) in [5.41, 5.74) is 1.01. The molecule has 3 aromatic rings. The normalized spacial score (nSPS) is 11.6. The lowest BCUT2D eigenvalue weighted by Crippen LogP contribution is -2.30. The predicted octanol–water partition coefficient (Wildman–Crippen LogP) is 2.91. The molecule has 0 unspecified atom stereocenters. The van der Waals surface area contributed by atoms with Crippen LogP contribution in [0.3, 0.4) is 0 Å². The summed E-state index contributed by atoms with van der Waals surface area (Å²) >= 11 is 0. The van der Waals surface area contributed by atoms with Gasteiger partial charge < -0.3 is 15.0 Å². The van der Waals surface area contributed by atoms with Gasteiger partial charge in [-0.2, -0.15) is 0 Å². The molecule has 0 saturated carbocycles. The third-order valence-electron chi connectivity index (χ3n) is 4.16. The van der Waals surface area contributed by atoms with Gasteiger partial charge >= 0.3 is 5.97 Å². The molecule has 0 bridgehead atoms. The van der Waals surface area contributed by atoms with Crippen LogP contribution in [-0.2, 0) is 9.53 Å². The van der Waals surface area contributed by atoms with E-state index < -0.39 is 23.5 Å². The van der Waals surface area contributed by atoms with Crippen LogP contribution in [0.5, 0.6) is 0 Å². The molecule has 7 heteroatoms. The summed E-state index contributed by atoms with van der Waals surface area (Å²) in [7, 11) is 0. The molecule has 142 valence electrons. The molecular weight excluding hydrogens is 360 g/mol. The molecule has 2 N–H and O–H groups in total. The maximum atomic E-state index is 12.5. The molecule has 0 saturated heterocycles. The van der Waals surface area contributed by atoms with Crippen molar-refractivity contribution in [2.75, 3.05) is 5.32 Å². The number of benzene rings is 2. The van der Waals surface area contributed by atoms with Gasteiger partial charge in [-0.15, -0.1) is 0 Å². The van der Waals surface area contributed by atoms with E-state index in [1.165, 1.54) is 13.8 Å². The van der Waals surface area contributed by atoms with E-state index in [0.29, 0.717) is 22.2 Å². The summed E-state index contributed by atoms with van der Waals surface area (Å²) in [6.07, 6.45) is -1.11. The van der Waals surface area contributed by atoms with Gasteiger partial charge in [0.15, 0.2) is 11.9 Å². The number of pyridine rings is 1. The number of para-hydroxylation sites is 1. The fourth-order valence-corrected chi connectivity index (χ4v) is 2.71. The number of ketones is 1. The van der Waals surface area contributed by atoms with Crippen molar-refractivity contribution in [3.05, 3.63) is 76.1 Å². The molecule has 0 radical (unpaired) electrons. The lowest BCUT2D eigenvalue weighted by atomic mass is 10.1. The number of carbonyl (C=O) groups excluding carboxylic acids is 3. The van der Waals surface area contributed by atoms with Gasteiger partial charge in [-0.05, 0) is 32.0 Å². The zero-order chi connectivity index (χ0) is 20.3. The van der Waals surface area contributed by atoms with Gasteiger partial charge in [-0.3, -0.25) is 14.4 Å². The molecule has 0 aliphatic carbocycles. The van der Waals surface area contributed by atoms with Crippen molar-refractivity contribution < 1.29 is 19.1 Å². The van der Waals surface area contributed by atoms with Crippen LogP contribution >= 0.6 is 0 Å². The van der Waals surface area contributed by atoms with Crippen molar-refractivity contribution in [2.24, 2.45) is 0 Å². The van der Waals surface area contributed by atoms with Crippen LogP contribution in [0.2, 0.25) is 0 Å². The summed E-state index contributed by atoms with van der Waals surface area (Å²) in [6.45, 7) is 2.86. The molecule has 1 heterocycles. The number of aromatic amines is 1. The molecule has 2 aromatic carbocycles. The minimum Gasteiger partial charge on any atom is -0.449 e. The average Bonchev–Trinajstić information content (AvgIpc) is 2.67. The first kappa shape index (κ1) is 19.0. The molecular formula is C21H18N2O5. The average molecular weight is 378 g/mol. The number of hydrogen-bond donors (Lipinski definition) is 2. The van der Waals surface area contributed by atoms with Crippen LogP contribution in [0.4, 0.5) is 5.69 Å². The topological polar surface area (TPSA) is 105 Å². The Morgan fingerprint density at radius 1 is 1.04 bits per heavy atom. The number of carbonyl (C=O) groups is 3. The first-order valence-corrected chi connectivity index (χ1v) is 8.60. The van der Waals surface area contributed by atoms with Crippen LogP contribution in [0, 0.1) is 0 Å². The Bertz CT molecular complexity index is 1130. The zero-order valence-corrected chi connectivity index (χ0v) is 15.3. The highest BCUT2D eigenvalue weighted by molar-refractivity contribution is 6.05. The molecule has 7 nitrogen and oxygen atoms in total. The Labute approximate surface area is 160 Å². The number of H-pyrrole nitrogens is 1. The molecule has 0 fully saturated rings. The number of anilines is 1. The number of nitrogens with one attached hydrogen (secondary N) is 2. The van der Waals surface area contributed by atoms with Crippen LogP contribution in [0.1, 0.15) is 34.6 Å². The number of hydrogen-bond acceptors (Lipinski definition) is 5. The molecule has 1 aromatic heterocycles. The highest BCUT2D eigenvalue weighted by atomic mass is 16.5. The molecule has 1 atom stereocenters. The molecule has 3 rings (SSSR count). The van der Waals surface area contributed by atoms with Crippen LogP contribution in [0.25, 0.3) is 10.9 Å². The summed E-state index contributed by atoms with van der Waals surface area (Å²) in [4.78, 5) is 50.7. The lowest BCUT2D eigenvalue weighted by Gasteiger charge is -2.14. The second kappa shape index (κ2) is 7.87. The Kier molecular flexibility index (Phi) is 5.35. The Morgan fingerprint density at radius 2 is 1.79 bits per heavy atom. The smallest absolute Gasteiger partial charge is 0.339 e. The van der Waals surface area contributed by atoms with E-state index in [-0.39, 0.29) is 11.3 Å². The number of fused-ring (bicyclic) bond motifs is 1. The number of aromatic nitrogens is 1. The number of rotatable bonds is 5. The second-order valence-corrected chi connectivity index (χ2v) is 6.27. The molecule has 1 amide bonds. The van der Waals surface area contributed by atoms with E-state index in [1.54, 1.807) is 48.5 Å². The van der Waals surface area contributed by atoms with Gasteiger partial charge in [0.2, 0.25) is 5.56 Å². The first-order chi connectivity index (χ1) is 13.3. The van der Waals surface area contributed by atoms with E-state index >= 15 is 0 Å². The number of esters is 1. The molecule has 28 heavy (non-hydrogen) atoms. The van der Waals surface area contributed by atoms with E-state index in [2.05, 4.69) is 10.3 Å². The summed E-state index contributed by atoms with van der Waals surface area (Å²) in [6, 6.07) is 14.4. The standard InChI is InChI=1S/C21H18N2O5/c1-12(24)14-6-5-7-15(10-14)22-20(26)13(2)28-21(27)17-11-19(25)23-18-9-4-3-8-16(17)18/h3-11,13H,1-2H3,(H,22,26)(H,23,25)/t13-/m1/s1. The van der Waals surface area contributed by atoms with Gasteiger partial charge in [0.05, 0.1) is 5.56 Å².